The van der Waals surface area contributed by atoms with Crippen LogP contribution in [0.3, 0.4) is 0 Å². The van der Waals surface area contributed by atoms with Gasteiger partial charge < -0.3 is 10.4 Å². The maximum Gasteiger partial charge on any atom is 0.303 e. The number of aromatic nitrogens is 2. The van der Waals surface area contributed by atoms with Crippen molar-refractivity contribution in [3.63, 3.8) is 0 Å². The third-order valence-corrected chi connectivity index (χ3v) is 4.61. The summed E-state index contributed by atoms with van der Waals surface area (Å²) in [6, 6.07) is 6.73. The predicted molar refractivity (Wildman–Crippen MR) is 89.4 cm³/mol. The van der Waals surface area contributed by atoms with E-state index in [4.69, 9.17) is 5.11 Å². The maximum atomic E-state index is 12.0. The van der Waals surface area contributed by atoms with E-state index in [0.717, 1.165) is 5.56 Å². The molecule has 134 valence electrons. The number of nitrogens with zero attached hydrogens (tertiary/aromatic N) is 2. The standard InChI is InChI=1S/C15H18N4O5S/c1-19-10-13(8-16-19)25(23,24)17-9-14(20)18-12-4-2-3-11(7-12)5-6-15(21)22/h2-4,7-8,10,17H,5-6,9H2,1H3,(H,18,20)(H,21,22). The van der Waals surface area contributed by atoms with Crippen molar-refractivity contribution < 1.29 is 23.1 Å². The van der Waals surface area contributed by atoms with Crippen molar-refractivity contribution >= 4 is 27.6 Å². The van der Waals surface area contributed by atoms with Crippen molar-refractivity contribution in [3.8, 4) is 0 Å². The third kappa shape index (κ3) is 5.69. The molecule has 1 amide bonds. The summed E-state index contributed by atoms with van der Waals surface area (Å²) in [5.74, 6) is -1.44. The van der Waals surface area contributed by atoms with Crippen LogP contribution in [0.2, 0.25) is 0 Å². The van der Waals surface area contributed by atoms with Gasteiger partial charge in [-0.3, -0.25) is 14.3 Å². The second kappa shape index (κ2) is 7.90. The minimum absolute atomic E-state index is 0.0116. The molecule has 3 N–H and O–H groups in total. The highest BCUT2D eigenvalue weighted by atomic mass is 32.2. The lowest BCUT2D eigenvalue weighted by atomic mass is 10.1. The van der Waals surface area contributed by atoms with Gasteiger partial charge in [-0.25, -0.2) is 13.1 Å². The molecule has 1 aromatic heterocycles. The number of aryl methyl sites for hydroxylation is 2. The normalized spacial score (nSPS) is 11.2. The molecule has 1 aromatic carbocycles. The first kappa shape index (κ1) is 18.6. The van der Waals surface area contributed by atoms with Gasteiger partial charge in [0.2, 0.25) is 15.9 Å². The first-order valence-corrected chi connectivity index (χ1v) is 8.83. The number of anilines is 1. The topological polar surface area (TPSA) is 130 Å². The number of sulfonamides is 1. The molecule has 10 heteroatoms. The molecule has 2 aromatic rings. The summed E-state index contributed by atoms with van der Waals surface area (Å²) >= 11 is 0. The molecule has 0 unspecified atom stereocenters. The van der Waals surface area contributed by atoms with Crippen LogP contribution in [0.4, 0.5) is 5.69 Å². The van der Waals surface area contributed by atoms with Crippen LogP contribution < -0.4 is 10.0 Å². The lowest BCUT2D eigenvalue weighted by Gasteiger charge is -2.08. The molecule has 2 rings (SSSR count). The Bertz CT molecular complexity index is 876. The monoisotopic (exact) mass is 366 g/mol. The van der Waals surface area contributed by atoms with E-state index in [1.54, 1.807) is 31.3 Å². The van der Waals surface area contributed by atoms with Crippen LogP contribution in [0.25, 0.3) is 0 Å². The second-order valence-electron chi connectivity index (χ2n) is 5.32. The number of rotatable bonds is 8. The molecule has 0 aliphatic heterocycles. The maximum absolute atomic E-state index is 12.0. The van der Waals surface area contributed by atoms with Gasteiger partial charge >= 0.3 is 5.97 Å². The van der Waals surface area contributed by atoms with E-state index in [-0.39, 0.29) is 11.3 Å². The van der Waals surface area contributed by atoms with E-state index in [1.165, 1.54) is 17.1 Å². The molecule has 0 aliphatic carbocycles. The summed E-state index contributed by atoms with van der Waals surface area (Å²) in [7, 11) is -2.23. The number of hydrogen-bond acceptors (Lipinski definition) is 5. The van der Waals surface area contributed by atoms with Gasteiger partial charge in [-0.1, -0.05) is 12.1 Å². The summed E-state index contributed by atoms with van der Waals surface area (Å²) in [6.07, 6.45) is 2.84. The number of nitrogens with one attached hydrogen (secondary N) is 2. The van der Waals surface area contributed by atoms with Crippen LogP contribution in [0, 0.1) is 0 Å². The number of hydrogen-bond donors (Lipinski definition) is 3. The summed E-state index contributed by atoms with van der Waals surface area (Å²) in [5, 5.41) is 15.0. The van der Waals surface area contributed by atoms with Crippen molar-refractivity contribution in [2.24, 2.45) is 7.05 Å². The van der Waals surface area contributed by atoms with Gasteiger partial charge in [0, 0.05) is 25.4 Å². The molecular weight excluding hydrogens is 348 g/mol. The Kier molecular flexibility index (Phi) is 5.88. The van der Waals surface area contributed by atoms with Gasteiger partial charge in [-0.2, -0.15) is 5.10 Å². The van der Waals surface area contributed by atoms with E-state index >= 15 is 0 Å². The Labute approximate surface area is 144 Å². The van der Waals surface area contributed by atoms with Gasteiger partial charge in [0.15, 0.2) is 0 Å². The Morgan fingerprint density at radius 3 is 2.72 bits per heavy atom. The molecule has 0 atom stereocenters. The van der Waals surface area contributed by atoms with E-state index in [1.807, 2.05) is 0 Å². The van der Waals surface area contributed by atoms with Gasteiger partial charge in [0.05, 0.1) is 12.7 Å². The molecule has 0 radical (unpaired) electrons. The molecule has 0 bridgehead atoms. The number of carboxylic acid groups (broad SMARTS) is 1. The minimum Gasteiger partial charge on any atom is -0.481 e. The Morgan fingerprint density at radius 1 is 1.32 bits per heavy atom. The summed E-state index contributed by atoms with van der Waals surface area (Å²) in [5.41, 5.74) is 1.23. The highest BCUT2D eigenvalue weighted by Crippen LogP contribution is 2.12. The quantitative estimate of drug-likeness (QED) is 0.618. The third-order valence-electron chi connectivity index (χ3n) is 3.25. The van der Waals surface area contributed by atoms with Gasteiger partial charge in [0.1, 0.15) is 4.90 Å². The molecule has 0 saturated carbocycles. The zero-order valence-corrected chi connectivity index (χ0v) is 14.3. The van der Waals surface area contributed by atoms with E-state index in [2.05, 4.69) is 15.1 Å². The Hall–Kier alpha value is -2.72. The minimum atomic E-state index is -3.81. The molecule has 9 nitrogen and oxygen atoms in total. The van der Waals surface area contributed by atoms with Crippen molar-refractivity contribution in [2.75, 3.05) is 11.9 Å². The average molecular weight is 366 g/mol. The van der Waals surface area contributed by atoms with E-state index < -0.39 is 28.4 Å². The zero-order valence-electron chi connectivity index (χ0n) is 13.5. The molecule has 0 saturated heterocycles. The van der Waals surface area contributed by atoms with E-state index in [0.29, 0.717) is 12.1 Å². The van der Waals surface area contributed by atoms with E-state index in [9.17, 15) is 18.0 Å². The number of benzene rings is 1. The van der Waals surface area contributed by atoms with Gasteiger partial charge in [-0.15, -0.1) is 0 Å². The zero-order chi connectivity index (χ0) is 18.4. The molecular formula is C15H18N4O5S. The first-order valence-electron chi connectivity index (χ1n) is 7.35. The highest BCUT2D eigenvalue weighted by molar-refractivity contribution is 7.89. The summed E-state index contributed by atoms with van der Waals surface area (Å²) in [6.45, 7) is -0.434. The smallest absolute Gasteiger partial charge is 0.303 e. The average Bonchev–Trinajstić information content (AvgIpc) is 2.99. The Balaban J connectivity index is 1.92. The lowest BCUT2D eigenvalue weighted by Crippen LogP contribution is -2.32. The van der Waals surface area contributed by atoms with Crippen molar-refractivity contribution in [1.29, 1.82) is 0 Å². The molecule has 0 spiro atoms. The van der Waals surface area contributed by atoms with Crippen LogP contribution >= 0.6 is 0 Å². The molecule has 0 aliphatic rings. The number of aliphatic carboxylic acids is 1. The first-order chi connectivity index (χ1) is 11.8. The Morgan fingerprint density at radius 2 is 2.08 bits per heavy atom. The van der Waals surface area contributed by atoms with Gasteiger partial charge in [0.25, 0.3) is 0 Å². The van der Waals surface area contributed by atoms with Crippen molar-refractivity contribution in [1.82, 2.24) is 14.5 Å². The van der Waals surface area contributed by atoms with Crippen LogP contribution in [0.1, 0.15) is 12.0 Å². The number of carboxylic acids is 1. The fraction of sp³-hybridized carbons (Fsp3) is 0.267. The van der Waals surface area contributed by atoms with Crippen LogP contribution in [-0.2, 0) is 33.1 Å². The number of carbonyl (C=O) groups is 2. The lowest BCUT2D eigenvalue weighted by molar-refractivity contribution is -0.137. The van der Waals surface area contributed by atoms with Crippen molar-refractivity contribution in [3.05, 3.63) is 42.2 Å². The SMILES string of the molecule is Cn1cc(S(=O)(=O)NCC(=O)Nc2cccc(CCC(=O)O)c2)cn1. The molecule has 0 fully saturated rings. The van der Waals surface area contributed by atoms with Crippen LogP contribution in [0.15, 0.2) is 41.6 Å². The van der Waals surface area contributed by atoms with Crippen LogP contribution in [-0.4, -0.2) is 41.7 Å². The van der Waals surface area contributed by atoms with Gasteiger partial charge in [-0.05, 0) is 24.1 Å². The molecule has 25 heavy (non-hydrogen) atoms. The predicted octanol–water partition coefficient (Wildman–Crippen LogP) is 0.354. The van der Waals surface area contributed by atoms with Crippen LogP contribution in [0.5, 0.6) is 0 Å². The largest absolute Gasteiger partial charge is 0.481 e. The summed E-state index contributed by atoms with van der Waals surface area (Å²) in [4.78, 5) is 22.5. The van der Waals surface area contributed by atoms with Crippen molar-refractivity contribution in [2.45, 2.75) is 17.7 Å². The number of carbonyl (C=O) groups excluding carboxylic acids is 1. The number of amides is 1. The second-order valence-corrected chi connectivity index (χ2v) is 7.08. The summed E-state index contributed by atoms with van der Waals surface area (Å²) < 4.78 is 27.5. The fourth-order valence-corrected chi connectivity index (χ4v) is 3.01. The fourth-order valence-electron chi connectivity index (χ4n) is 2.04. The highest BCUT2D eigenvalue weighted by Gasteiger charge is 2.17. The molecule has 1 heterocycles.